The fourth-order valence-corrected chi connectivity index (χ4v) is 3.18. The van der Waals surface area contributed by atoms with Crippen molar-refractivity contribution in [1.29, 1.82) is 0 Å². The predicted molar refractivity (Wildman–Crippen MR) is 123 cm³/mol. The molecule has 32 heavy (non-hydrogen) atoms. The lowest BCUT2D eigenvalue weighted by Gasteiger charge is -2.29. The molecule has 0 spiro atoms. The van der Waals surface area contributed by atoms with Gasteiger partial charge in [0.15, 0.2) is 0 Å². The van der Waals surface area contributed by atoms with Crippen LogP contribution in [0.3, 0.4) is 0 Å². The largest absolute Gasteiger partial charge is 0.489 e. The third kappa shape index (κ3) is 6.52. The normalized spacial score (nSPS) is 12.5. The Bertz CT molecular complexity index is 1100. The van der Waals surface area contributed by atoms with E-state index in [0.29, 0.717) is 35.4 Å². The lowest BCUT2D eigenvalue weighted by atomic mass is 10.1. The minimum atomic E-state index is -0.963. The van der Waals surface area contributed by atoms with Crippen LogP contribution in [0.1, 0.15) is 26.3 Å². The van der Waals surface area contributed by atoms with Crippen LogP contribution in [0.25, 0.3) is 11.0 Å². The molecule has 0 fully saturated rings. The van der Waals surface area contributed by atoms with Crippen LogP contribution in [0.5, 0.6) is 5.75 Å². The van der Waals surface area contributed by atoms with Crippen molar-refractivity contribution in [3.63, 3.8) is 0 Å². The number of nitrogens with zero attached hydrogens (tertiary/aromatic N) is 1. The number of aromatic amines is 2. The maximum absolute atomic E-state index is 12.7. The summed E-state index contributed by atoms with van der Waals surface area (Å²) in [5, 5.41) is 10.6. The number of hydrogen-bond acceptors (Lipinski definition) is 6. The molecule has 9 heteroatoms. The smallest absolute Gasteiger partial charge is 0.410 e. The highest BCUT2D eigenvalue weighted by Gasteiger charge is 2.24. The average Bonchev–Trinajstić information content (AvgIpc) is 3.10. The Kier molecular flexibility index (Phi) is 7.09. The number of H-pyrrole nitrogens is 2. The van der Waals surface area contributed by atoms with E-state index in [1.165, 1.54) is 4.90 Å². The molecule has 172 valence electrons. The molecule has 1 atom stereocenters. The lowest BCUT2D eigenvalue weighted by molar-refractivity contribution is 0.00951. The van der Waals surface area contributed by atoms with Crippen LogP contribution in [0.2, 0.25) is 0 Å². The van der Waals surface area contributed by atoms with Gasteiger partial charge in [0.05, 0.1) is 12.1 Å². The van der Waals surface area contributed by atoms with Crippen molar-refractivity contribution in [2.45, 2.75) is 38.9 Å². The van der Waals surface area contributed by atoms with Crippen molar-refractivity contribution >= 4 is 22.8 Å². The van der Waals surface area contributed by atoms with E-state index >= 15 is 0 Å². The number of para-hydroxylation sites is 1. The summed E-state index contributed by atoms with van der Waals surface area (Å²) in [5.41, 5.74) is 7.56. The summed E-state index contributed by atoms with van der Waals surface area (Å²) in [6, 6.07) is 12.6. The molecular weight excluding hydrogens is 412 g/mol. The zero-order valence-corrected chi connectivity index (χ0v) is 18.6. The fraction of sp³-hybridized carbons (Fsp3) is 0.391. The fourth-order valence-electron chi connectivity index (χ4n) is 3.18. The second kappa shape index (κ2) is 9.78. The Labute approximate surface area is 186 Å². The van der Waals surface area contributed by atoms with Gasteiger partial charge in [-0.15, -0.1) is 0 Å². The molecule has 1 aromatic heterocycles. The Morgan fingerprint density at radius 1 is 1.16 bits per heavy atom. The number of carbonyl (C=O) groups is 1. The van der Waals surface area contributed by atoms with Crippen LogP contribution < -0.4 is 16.2 Å². The number of nitrogens with one attached hydrogen (secondary N) is 2. The van der Waals surface area contributed by atoms with Gasteiger partial charge in [0.25, 0.3) is 0 Å². The number of aromatic nitrogens is 2. The van der Waals surface area contributed by atoms with Crippen LogP contribution in [-0.2, 0) is 11.2 Å². The van der Waals surface area contributed by atoms with E-state index in [0.717, 1.165) is 5.56 Å². The molecule has 0 unspecified atom stereocenters. The molecule has 9 nitrogen and oxygen atoms in total. The summed E-state index contributed by atoms with van der Waals surface area (Å²) >= 11 is 0. The molecule has 0 saturated carbocycles. The van der Waals surface area contributed by atoms with Gasteiger partial charge in [-0.1, -0.05) is 18.2 Å². The number of aliphatic hydroxyl groups excluding tert-OH is 1. The maximum Gasteiger partial charge on any atom is 0.410 e. The third-order valence-corrected chi connectivity index (χ3v) is 4.68. The van der Waals surface area contributed by atoms with E-state index in [9.17, 15) is 14.7 Å². The highest BCUT2D eigenvalue weighted by Crippen LogP contribution is 2.21. The standard InChI is InChI=1S/C23H30N4O5/c1-23(2,3)32-22(30)27(12-11-15-7-9-16(24)10-8-15)13-17(28)14-31-19-6-4-5-18-20(19)26-21(29)25-18/h4-10,17,28H,11-14,24H2,1-3H3,(H2,25,26,29)/t17-/m1/s1. The van der Waals surface area contributed by atoms with Gasteiger partial charge in [-0.05, 0) is 57.0 Å². The first-order valence-corrected chi connectivity index (χ1v) is 10.4. The van der Waals surface area contributed by atoms with Gasteiger partial charge in [-0.3, -0.25) is 0 Å². The molecule has 0 radical (unpaired) electrons. The van der Waals surface area contributed by atoms with Crippen LogP contribution in [0.4, 0.5) is 10.5 Å². The number of benzene rings is 2. The summed E-state index contributed by atoms with van der Waals surface area (Å²) in [4.78, 5) is 31.0. The Balaban J connectivity index is 1.64. The van der Waals surface area contributed by atoms with Crippen LogP contribution >= 0.6 is 0 Å². The first kappa shape index (κ1) is 23.2. The van der Waals surface area contributed by atoms with Crippen molar-refractivity contribution in [1.82, 2.24) is 14.9 Å². The van der Waals surface area contributed by atoms with E-state index in [1.54, 1.807) is 39.0 Å². The molecular formula is C23H30N4O5. The van der Waals surface area contributed by atoms with E-state index in [2.05, 4.69) is 9.97 Å². The summed E-state index contributed by atoms with van der Waals surface area (Å²) < 4.78 is 11.2. The zero-order valence-electron chi connectivity index (χ0n) is 18.6. The van der Waals surface area contributed by atoms with E-state index < -0.39 is 17.8 Å². The summed E-state index contributed by atoms with van der Waals surface area (Å²) in [6.45, 7) is 5.70. The highest BCUT2D eigenvalue weighted by molar-refractivity contribution is 5.81. The Morgan fingerprint density at radius 2 is 1.88 bits per heavy atom. The molecule has 3 aromatic rings. The number of carbonyl (C=O) groups excluding carboxylic acids is 1. The number of anilines is 1. The van der Waals surface area contributed by atoms with Crippen molar-refractivity contribution in [2.75, 3.05) is 25.4 Å². The number of hydrogen-bond donors (Lipinski definition) is 4. The molecule has 0 aliphatic carbocycles. The van der Waals surface area contributed by atoms with Gasteiger partial charge in [0, 0.05) is 12.2 Å². The molecule has 1 heterocycles. The van der Waals surface area contributed by atoms with Gasteiger partial charge < -0.3 is 35.2 Å². The molecule has 5 N–H and O–H groups in total. The van der Waals surface area contributed by atoms with E-state index in [-0.39, 0.29) is 18.8 Å². The summed E-state index contributed by atoms with van der Waals surface area (Å²) in [5.74, 6) is 0.436. The first-order chi connectivity index (χ1) is 15.1. The van der Waals surface area contributed by atoms with Crippen LogP contribution in [0, 0.1) is 0 Å². The number of ether oxygens (including phenoxy) is 2. The molecule has 2 aromatic carbocycles. The van der Waals surface area contributed by atoms with Gasteiger partial charge in [0.2, 0.25) is 0 Å². The minimum Gasteiger partial charge on any atom is -0.489 e. The SMILES string of the molecule is CC(C)(C)OC(=O)N(CCc1ccc(N)cc1)C[C@@H](O)COc1cccc2[nH]c(=O)[nH]c12. The van der Waals surface area contributed by atoms with E-state index in [1.807, 2.05) is 24.3 Å². The van der Waals surface area contributed by atoms with Crippen LogP contribution in [0.15, 0.2) is 47.3 Å². The summed E-state index contributed by atoms with van der Waals surface area (Å²) in [6.07, 6.45) is -0.893. The first-order valence-electron chi connectivity index (χ1n) is 10.4. The second-order valence-corrected chi connectivity index (χ2v) is 8.64. The highest BCUT2D eigenvalue weighted by atomic mass is 16.6. The van der Waals surface area contributed by atoms with Crippen molar-refractivity contribution in [3.05, 3.63) is 58.5 Å². The number of rotatable bonds is 8. The topological polar surface area (TPSA) is 134 Å². The number of aliphatic hydroxyl groups is 1. The monoisotopic (exact) mass is 442 g/mol. The number of nitrogens with two attached hydrogens (primary N) is 1. The minimum absolute atomic E-state index is 0.0313. The zero-order chi connectivity index (χ0) is 23.3. The Morgan fingerprint density at radius 3 is 2.56 bits per heavy atom. The van der Waals surface area contributed by atoms with Gasteiger partial charge in [-0.2, -0.15) is 0 Å². The van der Waals surface area contributed by atoms with Crippen molar-refractivity contribution < 1.29 is 19.4 Å². The number of nitrogen functional groups attached to an aromatic ring is 1. The van der Waals surface area contributed by atoms with Crippen molar-refractivity contribution in [3.8, 4) is 5.75 Å². The van der Waals surface area contributed by atoms with E-state index in [4.69, 9.17) is 15.2 Å². The van der Waals surface area contributed by atoms with Gasteiger partial charge in [-0.25, -0.2) is 9.59 Å². The lowest BCUT2D eigenvalue weighted by Crippen LogP contribution is -2.43. The average molecular weight is 443 g/mol. The molecule has 3 rings (SSSR count). The number of amides is 1. The second-order valence-electron chi connectivity index (χ2n) is 8.64. The number of fused-ring (bicyclic) bond motifs is 1. The van der Waals surface area contributed by atoms with Gasteiger partial charge in [0.1, 0.15) is 29.6 Å². The van der Waals surface area contributed by atoms with Gasteiger partial charge >= 0.3 is 11.8 Å². The molecule has 0 aliphatic heterocycles. The quantitative estimate of drug-likeness (QED) is 0.396. The summed E-state index contributed by atoms with van der Waals surface area (Å²) in [7, 11) is 0. The number of imidazole rings is 1. The van der Waals surface area contributed by atoms with Crippen LogP contribution in [-0.4, -0.2) is 57.5 Å². The molecule has 1 amide bonds. The molecule has 0 aliphatic rings. The molecule has 0 bridgehead atoms. The predicted octanol–water partition coefficient (Wildman–Crippen LogP) is 2.66. The molecule has 0 saturated heterocycles. The Hall–Kier alpha value is -3.46. The third-order valence-electron chi connectivity index (χ3n) is 4.68. The van der Waals surface area contributed by atoms with Crippen molar-refractivity contribution in [2.24, 2.45) is 0 Å². The maximum atomic E-state index is 12.7.